The molecule has 1 aliphatic carbocycles. The number of nitrogens with zero attached hydrogens (tertiary/aromatic N) is 3. The summed E-state index contributed by atoms with van der Waals surface area (Å²) in [5.41, 5.74) is 9.93. The number of hydrogen-bond donors (Lipinski definition) is 2. The van der Waals surface area contributed by atoms with Gasteiger partial charge in [-0.05, 0) is 51.7 Å². The van der Waals surface area contributed by atoms with Crippen molar-refractivity contribution in [2.24, 2.45) is 0 Å². The van der Waals surface area contributed by atoms with Crippen LogP contribution in [0.5, 0.6) is 0 Å². The third-order valence-electron chi connectivity index (χ3n) is 5.45. The highest BCUT2D eigenvalue weighted by molar-refractivity contribution is 7.08. The standard InChI is InChI=1S/C24H17N5S/c1-2-4-21-19(18(3-1)16-7-8-30-13-16)10-23(27-21)24-20-9-15(5-6-22(20)28-29-24)17-11-25-14-26-12-17/h1-3,5-14,27H,4H2,(H,28,29). The first kappa shape index (κ1) is 17.1. The number of nitrogens with one attached hydrogen (secondary N) is 2. The predicted octanol–water partition coefficient (Wildman–Crippen LogP) is 5.62. The van der Waals surface area contributed by atoms with Crippen LogP contribution < -0.4 is 0 Å². The Morgan fingerprint density at radius 1 is 0.967 bits per heavy atom. The topological polar surface area (TPSA) is 70.2 Å². The smallest absolute Gasteiger partial charge is 0.116 e. The zero-order valence-electron chi connectivity index (χ0n) is 16.0. The molecule has 1 aliphatic rings. The monoisotopic (exact) mass is 407 g/mol. The quantitative estimate of drug-likeness (QED) is 0.408. The van der Waals surface area contributed by atoms with Crippen LogP contribution in [-0.2, 0) is 6.42 Å². The Morgan fingerprint density at radius 2 is 1.90 bits per heavy atom. The van der Waals surface area contributed by atoms with Gasteiger partial charge in [-0.2, -0.15) is 16.4 Å². The van der Waals surface area contributed by atoms with Crippen LogP contribution in [0.15, 0.2) is 78.0 Å². The van der Waals surface area contributed by atoms with Crippen molar-refractivity contribution < 1.29 is 0 Å². The Labute approximate surface area is 176 Å². The molecule has 0 unspecified atom stereocenters. The number of allylic oxidation sites excluding steroid dienone is 3. The lowest BCUT2D eigenvalue weighted by atomic mass is 10.00. The van der Waals surface area contributed by atoms with E-state index in [4.69, 9.17) is 0 Å². The summed E-state index contributed by atoms with van der Waals surface area (Å²) in [6.45, 7) is 0. The van der Waals surface area contributed by atoms with Crippen LogP contribution in [0.4, 0.5) is 0 Å². The average Bonchev–Trinajstić information content (AvgIpc) is 3.52. The molecule has 0 radical (unpaired) electrons. The summed E-state index contributed by atoms with van der Waals surface area (Å²) < 4.78 is 0. The van der Waals surface area contributed by atoms with Gasteiger partial charge in [-0.1, -0.05) is 24.3 Å². The molecule has 4 aromatic heterocycles. The second kappa shape index (κ2) is 6.93. The molecule has 0 saturated heterocycles. The van der Waals surface area contributed by atoms with Gasteiger partial charge in [0.2, 0.25) is 0 Å². The summed E-state index contributed by atoms with van der Waals surface area (Å²) in [4.78, 5) is 11.9. The summed E-state index contributed by atoms with van der Waals surface area (Å²) in [7, 11) is 0. The molecule has 6 rings (SSSR count). The molecule has 30 heavy (non-hydrogen) atoms. The number of fused-ring (bicyclic) bond motifs is 2. The molecule has 0 saturated carbocycles. The van der Waals surface area contributed by atoms with Gasteiger partial charge >= 0.3 is 0 Å². The number of hydrogen-bond acceptors (Lipinski definition) is 4. The third-order valence-corrected chi connectivity index (χ3v) is 6.14. The van der Waals surface area contributed by atoms with Gasteiger partial charge < -0.3 is 4.98 Å². The van der Waals surface area contributed by atoms with Gasteiger partial charge in [0.15, 0.2) is 0 Å². The average molecular weight is 408 g/mol. The lowest BCUT2D eigenvalue weighted by Crippen LogP contribution is -1.88. The Hall–Kier alpha value is -3.77. The molecule has 1 aromatic carbocycles. The van der Waals surface area contributed by atoms with Crippen molar-refractivity contribution in [1.29, 1.82) is 0 Å². The molecule has 0 atom stereocenters. The van der Waals surface area contributed by atoms with E-state index in [1.807, 2.05) is 12.4 Å². The van der Waals surface area contributed by atoms with Crippen LogP contribution in [0.2, 0.25) is 0 Å². The normalized spacial score (nSPS) is 13.3. The van der Waals surface area contributed by atoms with E-state index in [0.29, 0.717) is 0 Å². The Bertz CT molecular complexity index is 1400. The van der Waals surface area contributed by atoms with Crippen molar-refractivity contribution in [1.82, 2.24) is 25.1 Å². The lowest BCUT2D eigenvalue weighted by Gasteiger charge is -2.03. The molecule has 0 spiro atoms. The maximum absolute atomic E-state index is 4.63. The Kier molecular flexibility index (Phi) is 3.95. The maximum atomic E-state index is 4.63. The summed E-state index contributed by atoms with van der Waals surface area (Å²) in [6, 6.07) is 10.7. The van der Waals surface area contributed by atoms with Crippen molar-refractivity contribution >= 4 is 27.8 Å². The van der Waals surface area contributed by atoms with Gasteiger partial charge in [0.25, 0.3) is 0 Å². The molecular weight excluding hydrogens is 390 g/mol. The second-order valence-electron chi connectivity index (χ2n) is 7.26. The van der Waals surface area contributed by atoms with Crippen LogP contribution in [0.1, 0.15) is 16.8 Å². The van der Waals surface area contributed by atoms with E-state index in [-0.39, 0.29) is 0 Å². The van der Waals surface area contributed by atoms with Crippen molar-refractivity contribution in [3.05, 3.63) is 94.9 Å². The van der Waals surface area contributed by atoms with Crippen molar-refractivity contribution in [2.45, 2.75) is 6.42 Å². The minimum atomic E-state index is 0.869. The minimum Gasteiger partial charge on any atom is -0.356 e. The van der Waals surface area contributed by atoms with Gasteiger partial charge in [0, 0.05) is 41.0 Å². The molecule has 0 amide bonds. The number of thiophene rings is 1. The van der Waals surface area contributed by atoms with Gasteiger partial charge in [-0.3, -0.25) is 5.10 Å². The summed E-state index contributed by atoms with van der Waals surface area (Å²) in [5.74, 6) is 0. The van der Waals surface area contributed by atoms with E-state index in [2.05, 4.69) is 84.5 Å². The van der Waals surface area contributed by atoms with E-state index in [9.17, 15) is 0 Å². The molecule has 0 aliphatic heterocycles. The zero-order valence-corrected chi connectivity index (χ0v) is 16.8. The summed E-state index contributed by atoms with van der Waals surface area (Å²) >= 11 is 1.72. The molecule has 2 N–H and O–H groups in total. The lowest BCUT2D eigenvalue weighted by molar-refractivity contribution is 1.10. The fourth-order valence-electron chi connectivity index (χ4n) is 3.98. The Morgan fingerprint density at radius 3 is 2.77 bits per heavy atom. The van der Waals surface area contributed by atoms with Crippen LogP contribution in [-0.4, -0.2) is 25.1 Å². The highest BCUT2D eigenvalue weighted by Crippen LogP contribution is 2.36. The van der Waals surface area contributed by atoms with E-state index < -0.39 is 0 Å². The molecule has 0 fully saturated rings. The number of aromatic amines is 2. The minimum absolute atomic E-state index is 0.869. The van der Waals surface area contributed by atoms with Crippen LogP contribution in [0, 0.1) is 0 Å². The zero-order chi connectivity index (χ0) is 19.9. The highest BCUT2D eigenvalue weighted by atomic mass is 32.1. The summed E-state index contributed by atoms with van der Waals surface area (Å²) in [6.07, 6.45) is 12.6. The van der Waals surface area contributed by atoms with Gasteiger partial charge in [0.1, 0.15) is 12.0 Å². The van der Waals surface area contributed by atoms with Crippen molar-refractivity contribution in [3.8, 4) is 22.5 Å². The number of aromatic nitrogens is 5. The first-order chi connectivity index (χ1) is 14.9. The van der Waals surface area contributed by atoms with E-state index in [1.165, 1.54) is 22.4 Å². The van der Waals surface area contributed by atoms with Crippen molar-refractivity contribution in [3.63, 3.8) is 0 Å². The second-order valence-corrected chi connectivity index (χ2v) is 8.04. The molecular formula is C24H17N5S. The molecule has 144 valence electrons. The fourth-order valence-corrected chi connectivity index (χ4v) is 4.64. The maximum Gasteiger partial charge on any atom is 0.116 e. The highest BCUT2D eigenvalue weighted by Gasteiger charge is 2.18. The van der Waals surface area contributed by atoms with Gasteiger partial charge in [0.05, 0.1) is 11.2 Å². The number of H-pyrrole nitrogens is 2. The van der Waals surface area contributed by atoms with E-state index in [0.717, 1.165) is 39.8 Å². The molecule has 5 nitrogen and oxygen atoms in total. The number of rotatable bonds is 3. The van der Waals surface area contributed by atoms with Crippen LogP contribution in [0.3, 0.4) is 0 Å². The largest absolute Gasteiger partial charge is 0.356 e. The van der Waals surface area contributed by atoms with Gasteiger partial charge in [-0.25, -0.2) is 9.97 Å². The van der Waals surface area contributed by atoms with Gasteiger partial charge in [-0.15, -0.1) is 0 Å². The predicted molar refractivity (Wildman–Crippen MR) is 121 cm³/mol. The summed E-state index contributed by atoms with van der Waals surface area (Å²) in [5, 5.41) is 13.2. The first-order valence-electron chi connectivity index (χ1n) is 9.72. The third kappa shape index (κ3) is 2.81. The number of benzene rings is 1. The molecule has 0 bridgehead atoms. The Balaban J connectivity index is 1.48. The first-order valence-corrected chi connectivity index (χ1v) is 10.7. The van der Waals surface area contributed by atoms with Crippen LogP contribution >= 0.6 is 11.3 Å². The SMILES string of the molecule is C1=CCc2[nH]c(-c3n[nH]c4ccc(-c5cncnc5)cc34)cc2C(c2ccsc2)=C1. The van der Waals surface area contributed by atoms with E-state index >= 15 is 0 Å². The van der Waals surface area contributed by atoms with Crippen LogP contribution in [0.25, 0.3) is 39.0 Å². The fraction of sp³-hybridized carbons (Fsp3) is 0.0417. The van der Waals surface area contributed by atoms with E-state index in [1.54, 1.807) is 17.7 Å². The molecule has 6 heteroatoms. The molecule has 4 heterocycles. The van der Waals surface area contributed by atoms with Crippen molar-refractivity contribution in [2.75, 3.05) is 0 Å². The molecule has 5 aromatic rings.